The molecule has 1 heterocycles. The summed E-state index contributed by atoms with van der Waals surface area (Å²) in [4.78, 5) is 32.0. The standard InChI is InChI=1S/C23H25Cl2N5O2S/c1-4-23(2,30(3)19(31)13-33-22-26-14-27-29-22)21(32)28-20(15-9-11-16(24)12-10-15)17-7-5-6-8-18(17)25/h5-12,14,20H,4,13H2,1-3H3,(H,28,32)(H,26,27,29)/t20-,23-/m1/s1. The largest absolute Gasteiger partial charge is 0.343 e. The lowest BCUT2D eigenvalue weighted by atomic mass is 9.92. The van der Waals surface area contributed by atoms with Gasteiger partial charge in [-0.15, -0.1) is 0 Å². The van der Waals surface area contributed by atoms with E-state index in [9.17, 15) is 9.59 Å². The van der Waals surface area contributed by atoms with Crippen molar-refractivity contribution in [2.45, 2.75) is 37.0 Å². The van der Waals surface area contributed by atoms with Crippen molar-refractivity contribution >= 4 is 46.8 Å². The molecule has 2 N–H and O–H groups in total. The third kappa shape index (κ3) is 5.88. The third-order valence-electron chi connectivity index (χ3n) is 5.71. The minimum absolute atomic E-state index is 0.125. The van der Waals surface area contributed by atoms with Crippen molar-refractivity contribution in [1.29, 1.82) is 0 Å². The van der Waals surface area contributed by atoms with Crippen molar-refractivity contribution in [1.82, 2.24) is 25.4 Å². The minimum Gasteiger partial charge on any atom is -0.343 e. The number of hydrogen-bond donors (Lipinski definition) is 2. The Morgan fingerprint density at radius 3 is 2.48 bits per heavy atom. The third-order valence-corrected chi connectivity index (χ3v) is 7.17. The van der Waals surface area contributed by atoms with Crippen LogP contribution in [0.5, 0.6) is 0 Å². The Balaban J connectivity index is 1.84. The molecule has 0 aliphatic heterocycles. The summed E-state index contributed by atoms with van der Waals surface area (Å²) in [6, 6.07) is 14.1. The number of rotatable bonds is 9. The number of nitrogens with zero attached hydrogens (tertiary/aromatic N) is 3. The summed E-state index contributed by atoms with van der Waals surface area (Å²) in [5.41, 5.74) is 0.502. The van der Waals surface area contributed by atoms with E-state index >= 15 is 0 Å². The quantitative estimate of drug-likeness (QED) is 0.410. The Morgan fingerprint density at radius 2 is 1.88 bits per heavy atom. The van der Waals surface area contributed by atoms with E-state index in [-0.39, 0.29) is 17.6 Å². The van der Waals surface area contributed by atoms with E-state index < -0.39 is 11.6 Å². The number of carbonyl (C=O) groups excluding carboxylic acids is 2. The Labute approximate surface area is 207 Å². The Bertz CT molecular complexity index is 1090. The molecule has 2 amide bonds. The zero-order chi connectivity index (χ0) is 24.0. The fourth-order valence-electron chi connectivity index (χ4n) is 3.31. The first-order chi connectivity index (χ1) is 15.8. The van der Waals surface area contributed by atoms with Crippen LogP contribution in [0.25, 0.3) is 0 Å². The van der Waals surface area contributed by atoms with Gasteiger partial charge in [0.15, 0.2) is 5.16 Å². The summed E-state index contributed by atoms with van der Waals surface area (Å²) in [6.45, 7) is 3.63. The number of hydrogen-bond acceptors (Lipinski definition) is 5. The molecule has 0 fully saturated rings. The maximum atomic E-state index is 13.6. The van der Waals surface area contributed by atoms with Gasteiger partial charge in [0.1, 0.15) is 11.9 Å². The lowest BCUT2D eigenvalue weighted by Crippen LogP contribution is -2.58. The topological polar surface area (TPSA) is 91.0 Å². The van der Waals surface area contributed by atoms with Gasteiger partial charge in [-0.05, 0) is 42.7 Å². The predicted octanol–water partition coefficient (Wildman–Crippen LogP) is 4.74. The maximum Gasteiger partial charge on any atom is 0.246 e. The zero-order valence-electron chi connectivity index (χ0n) is 18.5. The highest BCUT2D eigenvalue weighted by Gasteiger charge is 2.39. The van der Waals surface area contributed by atoms with Crippen LogP contribution in [0.2, 0.25) is 10.0 Å². The van der Waals surface area contributed by atoms with Gasteiger partial charge in [0, 0.05) is 17.1 Å². The van der Waals surface area contributed by atoms with Gasteiger partial charge in [-0.25, -0.2) is 4.98 Å². The molecule has 2 atom stereocenters. The number of thioether (sulfide) groups is 1. The van der Waals surface area contributed by atoms with Crippen molar-refractivity contribution < 1.29 is 9.59 Å². The van der Waals surface area contributed by atoms with Crippen LogP contribution < -0.4 is 5.32 Å². The number of aromatic amines is 1. The second-order valence-corrected chi connectivity index (χ2v) is 9.45. The number of benzene rings is 2. The average Bonchev–Trinajstić information content (AvgIpc) is 3.34. The van der Waals surface area contributed by atoms with Crippen LogP contribution in [0, 0.1) is 0 Å². The molecule has 7 nitrogen and oxygen atoms in total. The number of H-pyrrole nitrogens is 1. The number of amides is 2. The first-order valence-corrected chi connectivity index (χ1v) is 12.1. The molecule has 2 aromatic carbocycles. The molecule has 0 saturated heterocycles. The van der Waals surface area contributed by atoms with Crippen LogP contribution in [0.1, 0.15) is 37.4 Å². The summed E-state index contributed by atoms with van der Waals surface area (Å²) >= 11 is 13.8. The molecular formula is C23H25Cl2N5O2S. The SMILES string of the molecule is CC[C@](C)(C(=O)N[C@H](c1ccc(Cl)cc1)c1ccccc1Cl)N(C)C(=O)CSc1ncn[nH]1. The van der Waals surface area contributed by atoms with Crippen molar-refractivity contribution in [3.05, 3.63) is 76.0 Å². The van der Waals surface area contributed by atoms with Crippen LogP contribution in [0.3, 0.4) is 0 Å². The summed E-state index contributed by atoms with van der Waals surface area (Å²) in [5, 5.41) is 11.3. The van der Waals surface area contributed by atoms with Crippen LogP contribution in [0.4, 0.5) is 0 Å². The summed E-state index contributed by atoms with van der Waals surface area (Å²) in [7, 11) is 1.64. The first kappa shape index (κ1) is 25.1. The second-order valence-electron chi connectivity index (χ2n) is 7.64. The van der Waals surface area contributed by atoms with Crippen LogP contribution in [0.15, 0.2) is 60.0 Å². The molecule has 3 aromatic rings. The molecule has 33 heavy (non-hydrogen) atoms. The Kier molecular flexibility index (Phi) is 8.40. The normalized spacial score (nSPS) is 13.7. The number of carbonyl (C=O) groups is 2. The highest BCUT2D eigenvalue weighted by Crippen LogP contribution is 2.31. The van der Waals surface area contributed by atoms with E-state index in [0.717, 1.165) is 11.1 Å². The van der Waals surface area contributed by atoms with Gasteiger partial charge in [-0.2, -0.15) is 5.10 Å². The lowest BCUT2D eigenvalue weighted by molar-refractivity contribution is -0.144. The summed E-state index contributed by atoms with van der Waals surface area (Å²) in [6.07, 6.45) is 1.80. The van der Waals surface area contributed by atoms with Gasteiger partial charge < -0.3 is 10.2 Å². The average molecular weight is 506 g/mol. The number of aromatic nitrogens is 3. The summed E-state index contributed by atoms with van der Waals surface area (Å²) < 4.78 is 0. The summed E-state index contributed by atoms with van der Waals surface area (Å²) in [5.74, 6) is -0.360. The van der Waals surface area contributed by atoms with Crippen molar-refractivity contribution in [2.75, 3.05) is 12.8 Å². The van der Waals surface area contributed by atoms with Gasteiger partial charge in [0.2, 0.25) is 11.8 Å². The maximum absolute atomic E-state index is 13.6. The molecule has 0 radical (unpaired) electrons. The van der Waals surface area contributed by atoms with Gasteiger partial charge >= 0.3 is 0 Å². The van der Waals surface area contributed by atoms with Crippen LogP contribution >= 0.6 is 35.0 Å². The molecule has 0 saturated carbocycles. The van der Waals surface area contributed by atoms with Crippen LogP contribution in [-0.2, 0) is 9.59 Å². The van der Waals surface area contributed by atoms with E-state index in [1.54, 1.807) is 32.2 Å². The molecule has 0 aliphatic carbocycles. The van der Waals surface area contributed by atoms with Gasteiger partial charge in [0.25, 0.3) is 0 Å². The number of likely N-dealkylation sites (N-methyl/N-ethyl adjacent to an activating group) is 1. The van der Waals surface area contributed by atoms with Gasteiger partial charge in [0.05, 0.1) is 11.8 Å². The van der Waals surface area contributed by atoms with E-state index in [1.807, 2.05) is 37.3 Å². The lowest BCUT2D eigenvalue weighted by Gasteiger charge is -2.38. The van der Waals surface area contributed by atoms with Crippen molar-refractivity contribution in [3.63, 3.8) is 0 Å². The molecule has 0 unspecified atom stereocenters. The molecule has 174 valence electrons. The monoisotopic (exact) mass is 505 g/mol. The number of nitrogens with one attached hydrogen (secondary N) is 2. The van der Waals surface area contributed by atoms with E-state index in [0.29, 0.717) is 21.6 Å². The van der Waals surface area contributed by atoms with E-state index in [4.69, 9.17) is 23.2 Å². The number of halogens is 2. The highest BCUT2D eigenvalue weighted by atomic mass is 35.5. The Hall–Kier alpha value is -2.55. The smallest absolute Gasteiger partial charge is 0.246 e. The molecule has 10 heteroatoms. The van der Waals surface area contributed by atoms with E-state index in [1.165, 1.54) is 23.0 Å². The van der Waals surface area contributed by atoms with Crippen molar-refractivity contribution in [3.8, 4) is 0 Å². The minimum atomic E-state index is -1.08. The second kappa shape index (κ2) is 11.0. The Morgan fingerprint density at radius 1 is 1.18 bits per heavy atom. The van der Waals surface area contributed by atoms with Crippen molar-refractivity contribution in [2.24, 2.45) is 0 Å². The molecule has 0 spiro atoms. The molecule has 0 aliphatic rings. The zero-order valence-corrected chi connectivity index (χ0v) is 20.8. The van der Waals surface area contributed by atoms with E-state index in [2.05, 4.69) is 20.5 Å². The van der Waals surface area contributed by atoms with Gasteiger partial charge in [-0.1, -0.05) is 72.2 Å². The molecule has 0 bridgehead atoms. The fraction of sp³-hybridized carbons (Fsp3) is 0.304. The molecule has 3 rings (SSSR count). The highest BCUT2D eigenvalue weighted by molar-refractivity contribution is 7.99. The fourth-order valence-corrected chi connectivity index (χ4v) is 4.37. The molecular weight excluding hydrogens is 481 g/mol. The van der Waals surface area contributed by atoms with Gasteiger partial charge in [-0.3, -0.25) is 14.7 Å². The first-order valence-electron chi connectivity index (χ1n) is 10.3. The molecule has 1 aromatic heterocycles. The predicted molar refractivity (Wildman–Crippen MR) is 131 cm³/mol. The van der Waals surface area contributed by atoms with Crippen LogP contribution in [-0.4, -0.2) is 50.2 Å².